The molecule has 1 saturated heterocycles. The number of carbonyl (C=O) groups is 1. The van der Waals surface area contributed by atoms with E-state index >= 15 is 0 Å². The number of carboxylic acids is 1. The zero-order chi connectivity index (χ0) is 20.3. The largest absolute Gasteiger partial charge is 0.480 e. The number of rotatable bonds is 6. The van der Waals surface area contributed by atoms with Crippen LogP contribution in [-0.4, -0.2) is 56.1 Å². The molecule has 0 unspecified atom stereocenters. The first-order chi connectivity index (χ1) is 13.3. The molecule has 0 amide bonds. The van der Waals surface area contributed by atoms with Crippen LogP contribution in [0.15, 0.2) is 53.4 Å². The van der Waals surface area contributed by atoms with E-state index in [0.29, 0.717) is 36.1 Å². The number of hydrogen-bond acceptors (Lipinski definition) is 5. The summed E-state index contributed by atoms with van der Waals surface area (Å²) in [6, 6.07) is 13.0. The maximum Gasteiger partial charge on any atom is 0.341 e. The topological polar surface area (TPSA) is 87.2 Å². The van der Waals surface area contributed by atoms with Gasteiger partial charge in [-0.2, -0.15) is 4.31 Å². The summed E-state index contributed by atoms with van der Waals surface area (Å²) in [5, 5.41) is 9.36. The summed E-state index contributed by atoms with van der Waals surface area (Å²) in [7, 11) is -3.58. The van der Waals surface area contributed by atoms with Gasteiger partial charge in [0.15, 0.2) is 6.61 Å². The molecule has 0 bridgehead atoms. The normalized spacial score (nSPS) is 18.1. The fraction of sp³-hybridized carbons (Fsp3) is 0.316. The summed E-state index contributed by atoms with van der Waals surface area (Å²) in [4.78, 5) is 13.1. The monoisotopic (exact) mass is 424 g/mol. The van der Waals surface area contributed by atoms with E-state index in [-0.39, 0.29) is 10.9 Å². The van der Waals surface area contributed by atoms with Crippen molar-refractivity contribution in [1.29, 1.82) is 0 Å². The lowest BCUT2D eigenvalue weighted by Crippen LogP contribution is -2.54. The second kappa shape index (κ2) is 8.38. The van der Waals surface area contributed by atoms with Crippen molar-refractivity contribution < 1.29 is 23.1 Å². The van der Waals surface area contributed by atoms with Crippen LogP contribution in [0.4, 0.5) is 5.69 Å². The third kappa shape index (κ3) is 4.40. The third-order valence-electron chi connectivity index (χ3n) is 4.53. The molecule has 1 aliphatic heterocycles. The lowest BCUT2D eigenvalue weighted by molar-refractivity contribution is -0.139. The molecule has 1 N–H and O–H groups in total. The molecule has 1 aliphatic rings. The summed E-state index contributed by atoms with van der Waals surface area (Å²) in [6.45, 7) is 2.53. The molecule has 0 aromatic heterocycles. The van der Waals surface area contributed by atoms with E-state index < -0.39 is 22.6 Å². The Morgan fingerprint density at radius 1 is 1.21 bits per heavy atom. The van der Waals surface area contributed by atoms with Crippen molar-refractivity contribution in [1.82, 2.24) is 4.31 Å². The number of hydrogen-bond donors (Lipinski definition) is 1. The first-order valence-corrected chi connectivity index (χ1v) is 10.6. The van der Waals surface area contributed by atoms with Crippen LogP contribution in [0.2, 0.25) is 5.02 Å². The van der Waals surface area contributed by atoms with Crippen molar-refractivity contribution in [2.45, 2.75) is 17.9 Å². The van der Waals surface area contributed by atoms with Crippen LogP contribution >= 0.6 is 11.6 Å². The average Bonchev–Trinajstić information content (AvgIpc) is 2.67. The van der Waals surface area contributed by atoms with Gasteiger partial charge in [0, 0.05) is 30.7 Å². The van der Waals surface area contributed by atoms with Gasteiger partial charge in [0.2, 0.25) is 10.0 Å². The van der Waals surface area contributed by atoms with Gasteiger partial charge in [-0.15, -0.1) is 0 Å². The second-order valence-corrected chi connectivity index (χ2v) is 8.85. The maximum atomic E-state index is 12.9. The van der Waals surface area contributed by atoms with Crippen LogP contribution in [0, 0.1) is 0 Å². The number of sulfonamides is 1. The zero-order valence-corrected chi connectivity index (χ0v) is 16.9. The Bertz CT molecular complexity index is 952. The molecule has 2 aromatic carbocycles. The Balaban J connectivity index is 1.81. The predicted molar refractivity (Wildman–Crippen MR) is 107 cm³/mol. The lowest BCUT2D eigenvalue weighted by atomic mass is 10.2. The lowest BCUT2D eigenvalue weighted by Gasteiger charge is -2.40. The Morgan fingerprint density at radius 2 is 1.93 bits per heavy atom. The molecule has 0 radical (unpaired) electrons. The van der Waals surface area contributed by atoms with Gasteiger partial charge in [0.25, 0.3) is 0 Å². The van der Waals surface area contributed by atoms with Crippen LogP contribution < -0.4 is 9.64 Å². The van der Waals surface area contributed by atoms with Gasteiger partial charge in [-0.3, -0.25) is 0 Å². The summed E-state index contributed by atoms with van der Waals surface area (Å²) < 4.78 is 32.7. The first kappa shape index (κ1) is 20.4. The number of aliphatic carboxylic acids is 1. The summed E-state index contributed by atoms with van der Waals surface area (Å²) >= 11 is 6.11. The van der Waals surface area contributed by atoms with E-state index in [0.717, 1.165) is 0 Å². The maximum absolute atomic E-state index is 12.9. The molecule has 0 spiro atoms. The molecule has 0 aliphatic carbocycles. The quantitative estimate of drug-likeness (QED) is 0.767. The van der Waals surface area contributed by atoms with Crippen molar-refractivity contribution in [3.05, 3.63) is 53.6 Å². The molecule has 2 aromatic rings. The third-order valence-corrected chi connectivity index (χ3v) is 6.79. The van der Waals surface area contributed by atoms with Crippen LogP contribution in [0.3, 0.4) is 0 Å². The van der Waals surface area contributed by atoms with E-state index in [1.54, 1.807) is 48.5 Å². The van der Waals surface area contributed by atoms with Crippen molar-refractivity contribution in [2.24, 2.45) is 0 Å². The minimum atomic E-state index is -3.58. The van der Waals surface area contributed by atoms with Gasteiger partial charge < -0.3 is 14.7 Å². The minimum absolute atomic E-state index is 0.267. The van der Waals surface area contributed by atoms with Gasteiger partial charge in [-0.1, -0.05) is 29.8 Å². The molecule has 0 saturated carbocycles. The van der Waals surface area contributed by atoms with E-state index in [2.05, 4.69) is 0 Å². The van der Waals surface area contributed by atoms with Gasteiger partial charge in [0.05, 0.1) is 10.6 Å². The molecule has 7 nitrogen and oxygen atoms in total. The van der Waals surface area contributed by atoms with Crippen LogP contribution in [0.5, 0.6) is 5.75 Å². The van der Waals surface area contributed by atoms with Crippen molar-refractivity contribution in [2.75, 3.05) is 31.1 Å². The molecule has 150 valence electrons. The first-order valence-electron chi connectivity index (χ1n) is 8.75. The number of halogens is 1. The van der Waals surface area contributed by atoms with Crippen molar-refractivity contribution in [3.63, 3.8) is 0 Å². The number of ether oxygens (including phenoxy) is 1. The number of anilines is 1. The number of piperazine rings is 1. The molecule has 1 heterocycles. The SMILES string of the molecule is C[C@@H]1CN(c2cc(Cl)ccc2OCC(=O)O)CCN1S(=O)(=O)c1ccccc1. The van der Waals surface area contributed by atoms with Gasteiger partial charge >= 0.3 is 5.97 Å². The Labute approximate surface area is 169 Å². The summed E-state index contributed by atoms with van der Waals surface area (Å²) in [5.74, 6) is -0.675. The highest BCUT2D eigenvalue weighted by molar-refractivity contribution is 7.89. The highest BCUT2D eigenvalue weighted by Gasteiger charge is 2.34. The molecule has 3 rings (SSSR count). The van der Waals surface area contributed by atoms with Crippen LogP contribution in [-0.2, 0) is 14.8 Å². The van der Waals surface area contributed by atoms with Crippen molar-refractivity contribution >= 4 is 33.3 Å². The predicted octanol–water partition coefficient (Wildman–Crippen LogP) is 2.70. The van der Waals surface area contributed by atoms with Gasteiger partial charge in [0.1, 0.15) is 5.75 Å². The molecular weight excluding hydrogens is 404 g/mol. The summed E-state index contributed by atoms with van der Waals surface area (Å²) in [5.41, 5.74) is 0.650. The van der Waals surface area contributed by atoms with Crippen LogP contribution in [0.25, 0.3) is 0 Å². The molecule has 9 heteroatoms. The van der Waals surface area contributed by atoms with Gasteiger partial charge in [-0.25, -0.2) is 13.2 Å². The minimum Gasteiger partial charge on any atom is -0.480 e. The van der Waals surface area contributed by atoms with E-state index in [1.165, 1.54) is 4.31 Å². The molecule has 1 atom stereocenters. The number of benzene rings is 2. The standard InChI is InChI=1S/C19H21ClN2O5S/c1-14-12-21(17-11-15(20)7-8-18(17)27-13-19(23)24)9-10-22(14)28(25,26)16-5-3-2-4-6-16/h2-8,11,14H,9-10,12-13H2,1H3,(H,23,24)/t14-/m1/s1. The highest BCUT2D eigenvalue weighted by atomic mass is 35.5. The number of nitrogens with zero attached hydrogens (tertiary/aromatic N) is 2. The van der Waals surface area contributed by atoms with Crippen molar-refractivity contribution in [3.8, 4) is 5.75 Å². The fourth-order valence-electron chi connectivity index (χ4n) is 3.24. The number of carboxylic acid groups (broad SMARTS) is 1. The average molecular weight is 425 g/mol. The molecule has 1 fully saturated rings. The Morgan fingerprint density at radius 3 is 2.57 bits per heavy atom. The highest BCUT2D eigenvalue weighted by Crippen LogP contribution is 2.34. The fourth-order valence-corrected chi connectivity index (χ4v) is 5.04. The Kier molecular flexibility index (Phi) is 6.12. The molecule has 28 heavy (non-hydrogen) atoms. The zero-order valence-electron chi connectivity index (χ0n) is 15.3. The smallest absolute Gasteiger partial charge is 0.341 e. The second-order valence-electron chi connectivity index (χ2n) is 6.52. The molecular formula is C19H21ClN2O5S. The van der Waals surface area contributed by atoms with Gasteiger partial charge in [-0.05, 0) is 37.3 Å². The van der Waals surface area contributed by atoms with Crippen LogP contribution in [0.1, 0.15) is 6.92 Å². The summed E-state index contributed by atoms with van der Waals surface area (Å²) in [6.07, 6.45) is 0. The Hall–Kier alpha value is -2.29. The van der Waals surface area contributed by atoms with E-state index in [9.17, 15) is 13.2 Å². The van der Waals surface area contributed by atoms with E-state index in [1.807, 2.05) is 11.8 Å². The van der Waals surface area contributed by atoms with E-state index in [4.69, 9.17) is 21.4 Å².